The topological polar surface area (TPSA) is 100 Å². The van der Waals surface area contributed by atoms with Gasteiger partial charge in [-0.3, -0.25) is 10.3 Å². The highest BCUT2D eigenvalue weighted by molar-refractivity contribution is 7.13. The molecule has 3 heterocycles. The minimum Gasteiger partial charge on any atom is -0.392 e. The van der Waals surface area contributed by atoms with Crippen molar-refractivity contribution in [3.63, 3.8) is 0 Å². The zero-order valence-electron chi connectivity index (χ0n) is 16.1. The molecule has 0 aliphatic rings. The van der Waals surface area contributed by atoms with E-state index in [4.69, 9.17) is 0 Å². The molecular weight excluding hydrogens is 374 g/mol. The molecule has 0 fully saturated rings. The molecule has 3 aromatic heterocycles. The molecule has 2 amide bonds. The summed E-state index contributed by atoms with van der Waals surface area (Å²) in [5.74, 6) is 0.446. The Morgan fingerprint density at radius 3 is 2.61 bits per heavy atom. The van der Waals surface area contributed by atoms with Crippen LogP contribution in [-0.4, -0.2) is 32.6 Å². The molecule has 0 radical (unpaired) electrons. The van der Waals surface area contributed by atoms with E-state index in [0.717, 1.165) is 45.1 Å². The van der Waals surface area contributed by atoms with E-state index in [1.54, 1.807) is 12.4 Å². The number of carbonyl (C=O) groups is 1. The van der Waals surface area contributed by atoms with Gasteiger partial charge in [0.2, 0.25) is 0 Å². The summed E-state index contributed by atoms with van der Waals surface area (Å²) in [7, 11) is 0. The molecular formula is C20H23N5O2S. The number of thiazole rings is 1. The quantitative estimate of drug-likeness (QED) is 0.588. The number of urea groups is 1. The fraction of sp³-hybridized carbons (Fsp3) is 0.300. The smallest absolute Gasteiger partial charge is 0.320 e. The van der Waals surface area contributed by atoms with E-state index in [-0.39, 0.29) is 12.6 Å². The summed E-state index contributed by atoms with van der Waals surface area (Å²) in [4.78, 5) is 25.4. The Bertz CT molecular complexity index is 986. The second-order valence-electron chi connectivity index (χ2n) is 6.24. The minimum absolute atomic E-state index is 0.0834. The van der Waals surface area contributed by atoms with Crippen LogP contribution in [0.2, 0.25) is 0 Å². The summed E-state index contributed by atoms with van der Waals surface area (Å²) < 4.78 is 0. The Labute approximate surface area is 167 Å². The number of aliphatic hydroxyl groups excluding tert-OH is 1. The Balaban J connectivity index is 2.14. The number of carbonyl (C=O) groups excluding carboxylic acids is 1. The van der Waals surface area contributed by atoms with Crippen molar-refractivity contribution in [2.24, 2.45) is 0 Å². The van der Waals surface area contributed by atoms with Crippen LogP contribution >= 0.6 is 11.3 Å². The molecule has 0 saturated heterocycles. The zero-order valence-corrected chi connectivity index (χ0v) is 16.9. The zero-order chi connectivity index (χ0) is 20.1. The van der Waals surface area contributed by atoms with Crippen LogP contribution in [0.15, 0.2) is 29.9 Å². The molecule has 0 aliphatic heterocycles. The van der Waals surface area contributed by atoms with Crippen LogP contribution < -0.4 is 10.6 Å². The van der Waals surface area contributed by atoms with Crippen molar-refractivity contribution in [1.82, 2.24) is 20.3 Å². The van der Waals surface area contributed by atoms with E-state index in [0.29, 0.717) is 12.4 Å². The standard InChI is InChI=1S/C20H23N5O2S/c1-4-17-14(6-13(10-26)8-22-17)16-9-23-18(25-20(27)21-5-2)7-15(16)19-24-12(3)11-28-19/h6-9,11,26H,4-5,10H2,1-3H3,(H2,21,23,25,27). The van der Waals surface area contributed by atoms with Crippen molar-refractivity contribution in [3.8, 4) is 21.7 Å². The summed E-state index contributed by atoms with van der Waals surface area (Å²) in [6.45, 7) is 6.28. The van der Waals surface area contributed by atoms with Gasteiger partial charge in [-0.2, -0.15) is 0 Å². The molecule has 28 heavy (non-hydrogen) atoms. The van der Waals surface area contributed by atoms with Crippen LogP contribution in [0, 0.1) is 6.92 Å². The monoisotopic (exact) mass is 397 g/mol. The van der Waals surface area contributed by atoms with Crippen molar-refractivity contribution in [1.29, 1.82) is 0 Å². The van der Waals surface area contributed by atoms with Gasteiger partial charge in [-0.15, -0.1) is 11.3 Å². The Kier molecular flexibility index (Phi) is 6.33. The number of nitrogens with zero attached hydrogens (tertiary/aromatic N) is 3. The lowest BCUT2D eigenvalue weighted by Gasteiger charge is -2.14. The van der Waals surface area contributed by atoms with Crippen molar-refractivity contribution in [2.75, 3.05) is 11.9 Å². The average molecular weight is 398 g/mol. The molecule has 0 unspecified atom stereocenters. The Morgan fingerprint density at radius 1 is 1.14 bits per heavy atom. The predicted molar refractivity (Wildman–Crippen MR) is 111 cm³/mol. The third-order valence-electron chi connectivity index (χ3n) is 4.17. The fourth-order valence-electron chi connectivity index (χ4n) is 2.85. The summed E-state index contributed by atoms with van der Waals surface area (Å²) in [5.41, 5.74) is 5.23. The lowest BCUT2D eigenvalue weighted by molar-refractivity contribution is 0.252. The molecule has 3 aromatic rings. The number of aliphatic hydroxyl groups is 1. The Morgan fingerprint density at radius 2 is 1.96 bits per heavy atom. The lowest BCUT2D eigenvalue weighted by atomic mass is 9.98. The van der Waals surface area contributed by atoms with Gasteiger partial charge in [0.25, 0.3) is 0 Å². The maximum atomic E-state index is 11.9. The summed E-state index contributed by atoms with van der Waals surface area (Å²) in [5, 5.41) is 17.8. The van der Waals surface area contributed by atoms with Crippen molar-refractivity contribution < 1.29 is 9.90 Å². The van der Waals surface area contributed by atoms with E-state index < -0.39 is 0 Å². The van der Waals surface area contributed by atoms with Gasteiger partial charge in [0.15, 0.2) is 0 Å². The molecule has 0 bridgehead atoms. The largest absolute Gasteiger partial charge is 0.392 e. The highest BCUT2D eigenvalue weighted by atomic mass is 32.1. The highest BCUT2D eigenvalue weighted by Crippen LogP contribution is 2.36. The summed E-state index contributed by atoms with van der Waals surface area (Å²) in [6, 6.07) is 3.46. The number of rotatable bonds is 6. The predicted octanol–water partition coefficient (Wildman–Crippen LogP) is 3.77. The first-order valence-electron chi connectivity index (χ1n) is 9.12. The molecule has 146 valence electrons. The fourth-order valence-corrected chi connectivity index (χ4v) is 3.68. The van der Waals surface area contributed by atoms with Gasteiger partial charge in [0.1, 0.15) is 10.8 Å². The lowest BCUT2D eigenvalue weighted by Crippen LogP contribution is -2.28. The number of hydrogen-bond donors (Lipinski definition) is 3. The summed E-state index contributed by atoms with van der Waals surface area (Å²) in [6.07, 6.45) is 4.16. The highest BCUT2D eigenvalue weighted by Gasteiger charge is 2.17. The molecule has 0 aliphatic carbocycles. The van der Waals surface area contributed by atoms with Crippen LogP contribution in [0.5, 0.6) is 0 Å². The first-order chi connectivity index (χ1) is 13.5. The molecule has 3 N–H and O–H groups in total. The molecule has 8 heteroatoms. The van der Waals surface area contributed by atoms with Gasteiger partial charge in [-0.05, 0) is 38.0 Å². The second-order valence-corrected chi connectivity index (χ2v) is 7.10. The van der Waals surface area contributed by atoms with Crippen LogP contribution in [0.3, 0.4) is 0 Å². The average Bonchev–Trinajstić information content (AvgIpc) is 3.14. The maximum absolute atomic E-state index is 11.9. The first-order valence-corrected chi connectivity index (χ1v) is 10.00. The van der Waals surface area contributed by atoms with E-state index in [9.17, 15) is 9.90 Å². The van der Waals surface area contributed by atoms with Gasteiger partial charge in [0.05, 0.1) is 6.61 Å². The molecule has 3 rings (SSSR count). The molecule has 0 spiro atoms. The van der Waals surface area contributed by atoms with Crippen LogP contribution in [0.25, 0.3) is 21.7 Å². The number of aromatic nitrogens is 3. The third-order valence-corrected chi connectivity index (χ3v) is 5.16. The number of anilines is 1. The molecule has 0 saturated carbocycles. The van der Waals surface area contributed by atoms with Gasteiger partial charge in [-0.1, -0.05) is 6.92 Å². The van der Waals surface area contributed by atoms with Crippen molar-refractivity contribution >= 4 is 23.2 Å². The van der Waals surface area contributed by atoms with Crippen LogP contribution in [0.4, 0.5) is 10.6 Å². The van der Waals surface area contributed by atoms with E-state index in [2.05, 4.69) is 25.6 Å². The van der Waals surface area contributed by atoms with Crippen LogP contribution in [-0.2, 0) is 13.0 Å². The van der Waals surface area contributed by atoms with Gasteiger partial charge in [0, 0.05) is 52.4 Å². The Hall–Kier alpha value is -2.84. The van der Waals surface area contributed by atoms with E-state index >= 15 is 0 Å². The van der Waals surface area contributed by atoms with Crippen LogP contribution in [0.1, 0.15) is 30.8 Å². The van der Waals surface area contributed by atoms with Crippen molar-refractivity contribution in [2.45, 2.75) is 33.8 Å². The van der Waals surface area contributed by atoms with Gasteiger partial charge in [-0.25, -0.2) is 14.8 Å². The third kappa shape index (κ3) is 4.35. The number of amides is 2. The van der Waals surface area contributed by atoms with E-state index in [1.165, 1.54) is 11.3 Å². The number of pyridine rings is 2. The second kappa shape index (κ2) is 8.90. The van der Waals surface area contributed by atoms with Gasteiger partial charge < -0.3 is 10.4 Å². The van der Waals surface area contributed by atoms with E-state index in [1.807, 2.05) is 38.3 Å². The number of aryl methyl sites for hydroxylation is 2. The first kappa shape index (κ1) is 19.9. The SMILES string of the molecule is CCNC(=O)Nc1cc(-c2nc(C)cs2)c(-c2cc(CO)cnc2CC)cn1. The maximum Gasteiger partial charge on any atom is 0.320 e. The number of nitrogens with one attached hydrogen (secondary N) is 2. The summed E-state index contributed by atoms with van der Waals surface area (Å²) >= 11 is 1.54. The molecule has 7 nitrogen and oxygen atoms in total. The number of hydrogen-bond acceptors (Lipinski definition) is 6. The van der Waals surface area contributed by atoms with Gasteiger partial charge >= 0.3 is 6.03 Å². The van der Waals surface area contributed by atoms with Crippen molar-refractivity contribution in [3.05, 3.63) is 46.9 Å². The normalized spacial score (nSPS) is 10.7. The minimum atomic E-state index is -0.304. The molecule has 0 aromatic carbocycles. The molecule has 0 atom stereocenters.